The molecule has 1 aliphatic rings. The summed E-state index contributed by atoms with van der Waals surface area (Å²) < 4.78 is 0. The Morgan fingerprint density at radius 3 is 2.33 bits per heavy atom. The summed E-state index contributed by atoms with van der Waals surface area (Å²) in [6.45, 7) is 0. The standard InChI is InChI=1S/C23H21N5S2/c29-23(27-15-6-2-1-3-7-15)28-17-12-10-16(11-13-17)26-21-20-18-8-4-5-9-19(18)30-22(20)25-14-24-21/h1-3,6-7,10-14H,4-5,8-9H2,(H,24,25,26)(H2,27,28,29). The van der Waals surface area contributed by atoms with Gasteiger partial charge >= 0.3 is 0 Å². The number of anilines is 4. The predicted molar refractivity (Wildman–Crippen MR) is 130 cm³/mol. The lowest BCUT2D eigenvalue weighted by atomic mass is 9.97. The van der Waals surface area contributed by atoms with Crippen LogP contribution in [-0.2, 0) is 12.8 Å². The van der Waals surface area contributed by atoms with E-state index in [1.807, 2.05) is 65.9 Å². The van der Waals surface area contributed by atoms with Crippen molar-refractivity contribution >= 4 is 61.8 Å². The van der Waals surface area contributed by atoms with Crippen molar-refractivity contribution in [1.29, 1.82) is 0 Å². The topological polar surface area (TPSA) is 61.9 Å². The Kier molecular flexibility index (Phi) is 5.29. The Balaban J connectivity index is 1.31. The highest BCUT2D eigenvalue weighted by atomic mass is 32.1. The number of rotatable bonds is 4. The number of benzene rings is 2. The van der Waals surface area contributed by atoms with E-state index >= 15 is 0 Å². The number of aromatic nitrogens is 2. The zero-order chi connectivity index (χ0) is 20.3. The number of thiophene rings is 1. The molecule has 0 saturated heterocycles. The van der Waals surface area contributed by atoms with E-state index in [1.165, 1.54) is 28.7 Å². The summed E-state index contributed by atoms with van der Waals surface area (Å²) in [4.78, 5) is 11.6. The van der Waals surface area contributed by atoms with Gasteiger partial charge in [0.1, 0.15) is 17.0 Å². The molecule has 150 valence electrons. The first-order valence-corrected chi connectivity index (χ1v) is 11.2. The van der Waals surface area contributed by atoms with Crippen molar-refractivity contribution in [3.05, 3.63) is 71.4 Å². The molecule has 0 bridgehead atoms. The van der Waals surface area contributed by atoms with Gasteiger partial charge in [-0.3, -0.25) is 0 Å². The molecule has 5 nitrogen and oxygen atoms in total. The summed E-state index contributed by atoms with van der Waals surface area (Å²) in [7, 11) is 0. The van der Waals surface area contributed by atoms with E-state index in [2.05, 4.69) is 25.9 Å². The largest absolute Gasteiger partial charge is 0.340 e. The number of nitrogens with one attached hydrogen (secondary N) is 3. The van der Waals surface area contributed by atoms with Gasteiger partial charge in [0.15, 0.2) is 5.11 Å². The normalized spacial score (nSPS) is 12.9. The molecule has 3 N–H and O–H groups in total. The highest BCUT2D eigenvalue weighted by Gasteiger charge is 2.19. The Hall–Kier alpha value is -3.03. The van der Waals surface area contributed by atoms with Crippen molar-refractivity contribution in [2.24, 2.45) is 0 Å². The van der Waals surface area contributed by atoms with Gasteiger partial charge in [0.05, 0.1) is 5.39 Å². The molecule has 30 heavy (non-hydrogen) atoms. The van der Waals surface area contributed by atoms with Gasteiger partial charge in [-0.05, 0) is 79.9 Å². The zero-order valence-corrected chi connectivity index (χ0v) is 17.9. The third-order valence-electron chi connectivity index (χ3n) is 5.19. The summed E-state index contributed by atoms with van der Waals surface area (Å²) >= 11 is 7.21. The highest BCUT2D eigenvalue weighted by Crippen LogP contribution is 2.38. The van der Waals surface area contributed by atoms with Crippen LogP contribution in [0.4, 0.5) is 22.9 Å². The molecule has 5 rings (SSSR count). The SMILES string of the molecule is S=C(Nc1ccccc1)Nc1ccc(Nc2ncnc3sc4c(c23)CCCC4)cc1. The molecular weight excluding hydrogens is 410 g/mol. The quantitative estimate of drug-likeness (QED) is 0.338. The molecule has 0 saturated carbocycles. The maximum absolute atomic E-state index is 5.40. The minimum Gasteiger partial charge on any atom is -0.340 e. The molecule has 2 aromatic heterocycles. The molecular formula is C23H21N5S2. The van der Waals surface area contributed by atoms with Crippen LogP contribution in [0.15, 0.2) is 60.9 Å². The van der Waals surface area contributed by atoms with Crippen molar-refractivity contribution in [2.45, 2.75) is 25.7 Å². The number of aryl methyl sites for hydroxylation is 2. The molecule has 0 atom stereocenters. The van der Waals surface area contributed by atoms with E-state index in [1.54, 1.807) is 6.33 Å². The van der Waals surface area contributed by atoms with E-state index in [9.17, 15) is 0 Å². The van der Waals surface area contributed by atoms with Gasteiger partial charge in [0.25, 0.3) is 0 Å². The third-order valence-corrected chi connectivity index (χ3v) is 6.59. The number of hydrogen-bond acceptors (Lipinski definition) is 5. The minimum absolute atomic E-state index is 0.560. The number of hydrogen-bond donors (Lipinski definition) is 3. The van der Waals surface area contributed by atoms with Gasteiger partial charge in [-0.1, -0.05) is 18.2 Å². The first kappa shape index (κ1) is 19.0. The zero-order valence-electron chi connectivity index (χ0n) is 16.3. The van der Waals surface area contributed by atoms with Crippen molar-refractivity contribution in [2.75, 3.05) is 16.0 Å². The Bertz CT molecular complexity index is 1190. The molecule has 0 aliphatic heterocycles. The Labute approximate surface area is 184 Å². The summed E-state index contributed by atoms with van der Waals surface area (Å²) in [5, 5.41) is 11.6. The molecule has 4 aromatic rings. The fraction of sp³-hybridized carbons (Fsp3) is 0.174. The average molecular weight is 432 g/mol. The van der Waals surface area contributed by atoms with Crippen molar-refractivity contribution in [3.8, 4) is 0 Å². The van der Waals surface area contributed by atoms with Crippen LogP contribution in [0.5, 0.6) is 0 Å². The van der Waals surface area contributed by atoms with E-state index in [0.29, 0.717) is 5.11 Å². The number of para-hydroxylation sites is 1. The van der Waals surface area contributed by atoms with E-state index in [4.69, 9.17) is 12.2 Å². The van der Waals surface area contributed by atoms with Gasteiger partial charge < -0.3 is 16.0 Å². The Morgan fingerprint density at radius 2 is 1.53 bits per heavy atom. The minimum atomic E-state index is 0.560. The summed E-state index contributed by atoms with van der Waals surface area (Å²) in [6.07, 6.45) is 6.44. The van der Waals surface area contributed by atoms with Gasteiger partial charge in [-0.25, -0.2) is 9.97 Å². The molecule has 2 aromatic carbocycles. The van der Waals surface area contributed by atoms with Crippen LogP contribution in [0.1, 0.15) is 23.3 Å². The second-order valence-electron chi connectivity index (χ2n) is 7.26. The summed E-state index contributed by atoms with van der Waals surface area (Å²) in [5.41, 5.74) is 4.30. The maximum atomic E-state index is 5.40. The van der Waals surface area contributed by atoms with Gasteiger partial charge in [0.2, 0.25) is 0 Å². The molecule has 7 heteroatoms. The first-order valence-electron chi connectivity index (χ1n) is 10.0. The summed E-state index contributed by atoms with van der Waals surface area (Å²) in [5.74, 6) is 0.890. The van der Waals surface area contributed by atoms with Crippen molar-refractivity contribution in [3.63, 3.8) is 0 Å². The second-order valence-corrected chi connectivity index (χ2v) is 8.75. The number of fused-ring (bicyclic) bond motifs is 3. The fourth-order valence-electron chi connectivity index (χ4n) is 3.77. The second kappa shape index (κ2) is 8.38. The van der Waals surface area contributed by atoms with Gasteiger partial charge in [-0.2, -0.15) is 0 Å². The van der Waals surface area contributed by atoms with Crippen LogP contribution in [-0.4, -0.2) is 15.1 Å². The van der Waals surface area contributed by atoms with Crippen LogP contribution in [0, 0.1) is 0 Å². The predicted octanol–water partition coefficient (Wildman–Crippen LogP) is 6.12. The lowest BCUT2D eigenvalue weighted by molar-refractivity contribution is 0.700. The smallest absolute Gasteiger partial charge is 0.175 e. The molecule has 0 spiro atoms. The van der Waals surface area contributed by atoms with E-state index < -0.39 is 0 Å². The fourth-order valence-corrected chi connectivity index (χ4v) is 5.24. The monoisotopic (exact) mass is 431 g/mol. The third kappa shape index (κ3) is 3.99. The number of nitrogens with zero attached hydrogens (tertiary/aromatic N) is 2. The van der Waals surface area contributed by atoms with E-state index in [0.717, 1.165) is 40.6 Å². The number of thiocarbonyl (C=S) groups is 1. The van der Waals surface area contributed by atoms with Crippen LogP contribution in [0.25, 0.3) is 10.2 Å². The molecule has 0 amide bonds. The maximum Gasteiger partial charge on any atom is 0.175 e. The molecule has 0 fully saturated rings. The van der Waals surface area contributed by atoms with Crippen LogP contribution in [0.2, 0.25) is 0 Å². The van der Waals surface area contributed by atoms with Crippen molar-refractivity contribution in [1.82, 2.24) is 9.97 Å². The highest BCUT2D eigenvalue weighted by molar-refractivity contribution is 7.80. The van der Waals surface area contributed by atoms with Crippen LogP contribution >= 0.6 is 23.6 Å². The van der Waals surface area contributed by atoms with Gasteiger partial charge in [-0.15, -0.1) is 11.3 Å². The molecule has 0 unspecified atom stereocenters. The molecule has 2 heterocycles. The molecule has 1 aliphatic carbocycles. The summed E-state index contributed by atoms with van der Waals surface area (Å²) in [6, 6.07) is 17.9. The van der Waals surface area contributed by atoms with Crippen LogP contribution in [0.3, 0.4) is 0 Å². The average Bonchev–Trinajstić information content (AvgIpc) is 3.15. The van der Waals surface area contributed by atoms with Gasteiger partial charge in [0, 0.05) is 21.9 Å². The first-order chi connectivity index (χ1) is 14.8. The lowest BCUT2D eigenvalue weighted by Crippen LogP contribution is -2.18. The van der Waals surface area contributed by atoms with E-state index in [-0.39, 0.29) is 0 Å². The van der Waals surface area contributed by atoms with Crippen LogP contribution < -0.4 is 16.0 Å². The van der Waals surface area contributed by atoms with Crippen molar-refractivity contribution < 1.29 is 0 Å². The molecule has 0 radical (unpaired) electrons. The Morgan fingerprint density at radius 1 is 0.833 bits per heavy atom. The lowest BCUT2D eigenvalue weighted by Gasteiger charge is -2.13.